The molecule has 1 aromatic heterocycles. The zero-order valence-electron chi connectivity index (χ0n) is 14.3. The molecule has 2 aliphatic rings. The smallest absolute Gasteiger partial charge is 0.253 e. The highest BCUT2D eigenvalue weighted by Crippen LogP contribution is 2.47. The molecule has 5 nitrogen and oxygen atoms in total. The lowest BCUT2D eigenvalue weighted by Gasteiger charge is -2.41. The Balaban J connectivity index is 1.61. The second kappa shape index (κ2) is 5.45. The van der Waals surface area contributed by atoms with E-state index in [1.54, 1.807) is 4.68 Å². The number of benzene rings is 1. The molecule has 0 radical (unpaired) electrons. The molecule has 4 rings (SSSR count). The lowest BCUT2D eigenvalue weighted by molar-refractivity contribution is 0.0726. The van der Waals surface area contributed by atoms with Gasteiger partial charge in [0, 0.05) is 48.9 Å². The van der Waals surface area contributed by atoms with Crippen LogP contribution < -0.4 is 5.73 Å². The lowest BCUT2D eigenvalue weighted by Crippen LogP contribution is -2.45. The van der Waals surface area contributed by atoms with Crippen LogP contribution in [-0.4, -0.2) is 39.7 Å². The molecule has 1 unspecified atom stereocenters. The Labute approximate surface area is 142 Å². The normalized spacial score (nSPS) is 22.0. The first kappa shape index (κ1) is 15.4. The zero-order chi connectivity index (χ0) is 16.9. The van der Waals surface area contributed by atoms with Crippen LogP contribution in [0.1, 0.15) is 35.2 Å². The van der Waals surface area contributed by atoms with E-state index in [1.807, 2.05) is 42.5 Å². The predicted octanol–water partition coefficient (Wildman–Crippen LogP) is 2.35. The van der Waals surface area contributed by atoms with Crippen molar-refractivity contribution in [2.75, 3.05) is 13.1 Å². The van der Waals surface area contributed by atoms with E-state index in [4.69, 9.17) is 5.73 Å². The number of rotatable bonds is 2. The van der Waals surface area contributed by atoms with Crippen molar-refractivity contribution in [1.29, 1.82) is 0 Å². The number of aromatic nitrogens is 2. The van der Waals surface area contributed by atoms with E-state index in [1.165, 1.54) is 6.42 Å². The molecular weight excluding hydrogens is 300 g/mol. The van der Waals surface area contributed by atoms with Crippen LogP contribution in [0.2, 0.25) is 0 Å². The molecule has 2 N–H and O–H groups in total. The van der Waals surface area contributed by atoms with Gasteiger partial charge < -0.3 is 10.6 Å². The molecule has 126 valence electrons. The summed E-state index contributed by atoms with van der Waals surface area (Å²) in [5.41, 5.74) is 10.5. The molecule has 1 saturated carbocycles. The second-order valence-electron chi connectivity index (χ2n) is 7.44. The summed E-state index contributed by atoms with van der Waals surface area (Å²) in [6, 6.07) is 6.06. The quantitative estimate of drug-likeness (QED) is 0.922. The maximum absolute atomic E-state index is 13.0. The fourth-order valence-corrected chi connectivity index (χ4v) is 4.12. The number of hydrogen-bond donors (Lipinski definition) is 1. The van der Waals surface area contributed by atoms with Crippen molar-refractivity contribution in [3.63, 3.8) is 0 Å². The summed E-state index contributed by atoms with van der Waals surface area (Å²) in [6.45, 7) is 3.55. The van der Waals surface area contributed by atoms with Crippen LogP contribution in [0.5, 0.6) is 0 Å². The SMILES string of the molecule is Cc1ccc(C(=O)N2CC(N)C3(CCC3)C2)cc1-c1cnn(C)c1. The van der Waals surface area contributed by atoms with E-state index in [9.17, 15) is 4.79 Å². The van der Waals surface area contributed by atoms with E-state index in [-0.39, 0.29) is 17.4 Å². The van der Waals surface area contributed by atoms with Crippen LogP contribution in [-0.2, 0) is 7.05 Å². The number of nitrogens with zero attached hydrogens (tertiary/aromatic N) is 3. The molecule has 1 aromatic carbocycles. The fourth-order valence-electron chi connectivity index (χ4n) is 4.12. The molecule has 1 amide bonds. The van der Waals surface area contributed by atoms with Gasteiger partial charge in [0.2, 0.25) is 0 Å². The van der Waals surface area contributed by atoms with Crippen molar-refractivity contribution < 1.29 is 4.79 Å². The van der Waals surface area contributed by atoms with E-state index in [0.29, 0.717) is 6.54 Å². The average Bonchev–Trinajstić information content (AvgIpc) is 3.10. The topological polar surface area (TPSA) is 64.2 Å². The monoisotopic (exact) mass is 324 g/mol. The molecule has 0 bridgehead atoms. The van der Waals surface area contributed by atoms with Gasteiger partial charge in [0.25, 0.3) is 5.91 Å². The van der Waals surface area contributed by atoms with E-state index in [0.717, 1.165) is 41.6 Å². The first-order valence-electron chi connectivity index (χ1n) is 8.63. The fraction of sp³-hybridized carbons (Fsp3) is 0.474. The van der Waals surface area contributed by atoms with Gasteiger partial charge in [-0.3, -0.25) is 9.48 Å². The highest BCUT2D eigenvalue weighted by atomic mass is 16.2. The third kappa shape index (κ3) is 2.35. The van der Waals surface area contributed by atoms with Gasteiger partial charge in [0.15, 0.2) is 0 Å². The van der Waals surface area contributed by atoms with Crippen LogP contribution in [0.15, 0.2) is 30.6 Å². The summed E-state index contributed by atoms with van der Waals surface area (Å²) in [5.74, 6) is 0.0966. The minimum atomic E-state index is 0.0966. The number of carbonyl (C=O) groups is 1. The van der Waals surface area contributed by atoms with Crippen molar-refractivity contribution in [1.82, 2.24) is 14.7 Å². The second-order valence-corrected chi connectivity index (χ2v) is 7.44. The van der Waals surface area contributed by atoms with Gasteiger partial charge in [0.1, 0.15) is 0 Å². The molecule has 2 heterocycles. The number of carbonyl (C=O) groups excluding carboxylic acids is 1. The maximum atomic E-state index is 13.0. The number of amides is 1. The summed E-state index contributed by atoms with van der Waals surface area (Å²) in [5, 5.41) is 4.24. The Morgan fingerprint density at radius 3 is 2.75 bits per heavy atom. The van der Waals surface area contributed by atoms with E-state index in [2.05, 4.69) is 12.0 Å². The van der Waals surface area contributed by atoms with E-state index >= 15 is 0 Å². The van der Waals surface area contributed by atoms with Crippen LogP contribution >= 0.6 is 0 Å². The van der Waals surface area contributed by atoms with Gasteiger partial charge in [-0.15, -0.1) is 0 Å². The highest BCUT2D eigenvalue weighted by Gasteiger charge is 2.49. The summed E-state index contributed by atoms with van der Waals surface area (Å²) < 4.78 is 1.78. The van der Waals surface area contributed by atoms with Crippen molar-refractivity contribution >= 4 is 5.91 Å². The van der Waals surface area contributed by atoms with Gasteiger partial charge >= 0.3 is 0 Å². The Hall–Kier alpha value is -2.14. The standard InChI is InChI=1S/C19H24N4O/c1-13-4-5-14(8-16(13)15-9-21-22(2)10-15)18(24)23-11-17(20)19(12-23)6-3-7-19/h4-5,8-10,17H,3,6-7,11-12,20H2,1-2H3. The number of likely N-dealkylation sites (tertiary alicyclic amines) is 1. The predicted molar refractivity (Wildman–Crippen MR) is 93.5 cm³/mol. The number of aryl methyl sites for hydroxylation is 2. The molecule has 5 heteroatoms. The molecule has 1 atom stereocenters. The third-order valence-corrected chi connectivity index (χ3v) is 5.85. The van der Waals surface area contributed by atoms with Crippen molar-refractivity contribution in [3.05, 3.63) is 41.7 Å². The summed E-state index contributed by atoms with van der Waals surface area (Å²) >= 11 is 0. The Morgan fingerprint density at radius 1 is 1.38 bits per heavy atom. The average molecular weight is 324 g/mol. The Morgan fingerprint density at radius 2 is 2.17 bits per heavy atom. The molecule has 1 aliphatic carbocycles. The van der Waals surface area contributed by atoms with Crippen molar-refractivity contribution in [2.24, 2.45) is 18.2 Å². The molecule has 2 fully saturated rings. The molecule has 1 saturated heterocycles. The lowest BCUT2D eigenvalue weighted by atomic mass is 9.66. The largest absolute Gasteiger partial charge is 0.336 e. The van der Waals surface area contributed by atoms with Crippen LogP contribution in [0.3, 0.4) is 0 Å². The Kier molecular flexibility index (Phi) is 3.49. The van der Waals surface area contributed by atoms with Crippen LogP contribution in [0, 0.1) is 12.3 Å². The molecule has 1 aliphatic heterocycles. The molecule has 2 aromatic rings. The summed E-state index contributed by atoms with van der Waals surface area (Å²) in [6.07, 6.45) is 7.38. The zero-order valence-corrected chi connectivity index (χ0v) is 14.3. The summed E-state index contributed by atoms with van der Waals surface area (Å²) in [7, 11) is 1.90. The minimum Gasteiger partial charge on any atom is -0.336 e. The van der Waals surface area contributed by atoms with Crippen molar-refractivity contribution in [2.45, 2.75) is 32.2 Å². The third-order valence-electron chi connectivity index (χ3n) is 5.85. The Bertz CT molecular complexity index is 790. The highest BCUT2D eigenvalue weighted by molar-refractivity contribution is 5.96. The number of nitrogens with two attached hydrogens (primary N) is 1. The number of hydrogen-bond acceptors (Lipinski definition) is 3. The van der Waals surface area contributed by atoms with Gasteiger partial charge in [-0.2, -0.15) is 5.10 Å². The van der Waals surface area contributed by atoms with E-state index < -0.39 is 0 Å². The molecule has 24 heavy (non-hydrogen) atoms. The summed E-state index contributed by atoms with van der Waals surface area (Å²) in [4.78, 5) is 14.9. The van der Waals surface area contributed by atoms with Crippen LogP contribution in [0.4, 0.5) is 0 Å². The van der Waals surface area contributed by atoms with Crippen molar-refractivity contribution in [3.8, 4) is 11.1 Å². The van der Waals surface area contributed by atoms with Gasteiger partial charge in [-0.1, -0.05) is 12.5 Å². The van der Waals surface area contributed by atoms with Crippen LogP contribution in [0.25, 0.3) is 11.1 Å². The first-order chi connectivity index (χ1) is 11.5. The minimum absolute atomic E-state index is 0.0966. The first-order valence-corrected chi connectivity index (χ1v) is 8.63. The van der Waals surface area contributed by atoms with Gasteiger partial charge in [-0.05, 0) is 43.0 Å². The maximum Gasteiger partial charge on any atom is 0.253 e. The van der Waals surface area contributed by atoms with Gasteiger partial charge in [-0.25, -0.2) is 0 Å². The van der Waals surface area contributed by atoms with Gasteiger partial charge in [0.05, 0.1) is 6.20 Å². The molecular formula is C19H24N4O. The molecule has 1 spiro atoms.